The van der Waals surface area contributed by atoms with Gasteiger partial charge < -0.3 is 10.6 Å². The van der Waals surface area contributed by atoms with E-state index in [2.05, 4.69) is 0 Å². The second-order valence-electron chi connectivity index (χ2n) is 7.52. The number of non-ortho nitro benzene ring substituents is 1. The highest BCUT2D eigenvalue weighted by Crippen LogP contribution is 2.53. The number of hydrogen-bond donors (Lipinski definition) is 1. The highest BCUT2D eigenvalue weighted by molar-refractivity contribution is 6.24. The van der Waals surface area contributed by atoms with Gasteiger partial charge in [0.25, 0.3) is 5.69 Å². The third-order valence-corrected chi connectivity index (χ3v) is 6.05. The lowest BCUT2D eigenvalue weighted by atomic mass is 9.84. The molecule has 9 heteroatoms. The number of benzene rings is 2. The van der Waals surface area contributed by atoms with E-state index in [4.69, 9.17) is 5.73 Å². The molecule has 2 aromatic carbocycles. The Morgan fingerprint density at radius 1 is 1.03 bits per heavy atom. The molecular formula is C21H16N4O5. The number of nitro benzene ring substituents is 1. The van der Waals surface area contributed by atoms with Crippen LogP contribution in [0.15, 0.2) is 54.7 Å². The smallest absolute Gasteiger partial charge is 0.271 e. The summed E-state index contributed by atoms with van der Waals surface area (Å²) in [6.45, 7) is 0. The van der Waals surface area contributed by atoms with Crippen LogP contribution in [0.2, 0.25) is 0 Å². The zero-order valence-electron chi connectivity index (χ0n) is 15.5. The van der Waals surface area contributed by atoms with Gasteiger partial charge in [-0.2, -0.15) is 0 Å². The highest BCUT2D eigenvalue weighted by Gasteiger charge is 2.64. The summed E-state index contributed by atoms with van der Waals surface area (Å²) in [5.74, 6) is -3.54. The largest absolute Gasteiger partial charge is 0.368 e. The molecule has 4 atom stereocenters. The van der Waals surface area contributed by atoms with Gasteiger partial charge in [-0.1, -0.05) is 30.3 Å². The number of nitro groups is 1. The zero-order valence-corrected chi connectivity index (χ0v) is 15.5. The van der Waals surface area contributed by atoms with E-state index >= 15 is 0 Å². The van der Waals surface area contributed by atoms with Gasteiger partial charge in [-0.3, -0.25) is 24.5 Å². The molecule has 0 bridgehead atoms. The minimum Gasteiger partial charge on any atom is -0.368 e. The van der Waals surface area contributed by atoms with Crippen molar-refractivity contribution in [2.75, 3.05) is 4.90 Å². The number of amides is 3. The van der Waals surface area contributed by atoms with Gasteiger partial charge in [0.1, 0.15) is 6.04 Å². The van der Waals surface area contributed by atoms with Crippen LogP contribution >= 0.6 is 0 Å². The lowest BCUT2D eigenvalue weighted by Gasteiger charge is -2.34. The van der Waals surface area contributed by atoms with E-state index in [0.29, 0.717) is 0 Å². The van der Waals surface area contributed by atoms with E-state index in [1.807, 2.05) is 30.3 Å². The molecule has 2 aromatic rings. The molecule has 2 N–H and O–H groups in total. The molecule has 0 spiro atoms. The van der Waals surface area contributed by atoms with Gasteiger partial charge in [-0.15, -0.1) is 0 Å². The molecule has 1 unspecified atom stereocenters. The van der Waals surface area contributed by atoms with Crippen molar-refractivity contribution in [3.05, 3.63) is 76.0 Å². The summed E-state index contributed by atoms with van der Waals surface area (Å²) < 4.78 is 0. The van der Waals surface area contributed by atoms with E-state index < -0.39 is 46.6 Å². The summed E-state index contributed by atoms with van der Waals surface area (Å²) in [6.07, 6.45) is 3.54. The molecule has 0 aliphatic carbocycles. The van der Waals surface area contributed by atoms with E-state index in [1.54, 1.807) is 11.1 Å². The number of imide groups is 1. The summed E-state index contributed by atoms with van der Waals surface area (Å²) in [5.41, 5.74) is 7.27. The van der Waals surface area contributed by atoms with Crippen LogP contribution in [0.25, 0.3) is 6.08 Å². The van der Waals surface area contributed by atoms with Gasteiger partial charge in [0.05, 0.1) is 28.5 Å². The van der Waals surface area contributed by atoms with Gasteiger partial charge in [0.2, 0.25) is 17.7 Å². The average Bonchev–Trinajstić information content (AvgIpc) is 3.21. The predicted octanol–water partition coefficient (Wildman–Crippen LogP) is 1.60. The Bertz CT molecular complexity index is 1160. The molecular weight excluding hydrogens is 388 g/mol. The van der Waals surface area contributed by atoms with Crippen molar-refractivity contribution in [3.8, 4) is 0 Å². The van der Waals surface area contributed by atoms with Gasteiger partial charge in [-0.05, 0) is 23.3 Å². The summed E-state index contributed by atoms with van der Waals surface area (Å²) >= 11 is 0. The van der Waals surface area contributed by atoms with Crippen molar-refractivity contribution in [1.82, 2.24) is 4.90 Å². The molecule has 2 fully saturated rings. The SMILES string of the molecule is NC(=O)[C@@H]1[C@@H]2C(=O)N(c3cccc([N+](=O)[O-])c3)C(=O)[C@@H]2C2c3ccccc3C=CN21. The Labute approximate surface area is 170 Å². The van der Waals surface area contributed by atoms with Crippen LogP contribution < -0.4 is 10.6 Å². The van der Waals surface area contributed by atoms with E-state index in [9.17, 15) is 24.5 Å². The van der Waals surface area contributed by atoms with Crippen molar-refractivity contribution < 1.29 is 19.3 Å². The lowest BCUT2D eigenvalue weighted by Crippen LogP contribution is -2.46. The zero-order chi connectivity index (χ0) is 21.2. The third kappa shape index (κ3) is 2.32. The van der Waals surface area contributed by atoms with Crippen molar-refractivity contribution in [3.63, 3.8) is 0 Å². The number of fused-ring (bicyclic) bond motifs is 5. The van der Waals surface area contributed by atoms with Crippen LogP contribution in [0.1, 0.15) is 17.2 Å². The van der Waals surface area contributed by atoms with Gasteiger partial charge in [-0.25, -0.2) is 4.90 Å². The topological polar surface area (TPSA) is 127 Å². The molecule has 2 saturated heterocycles. The number of carbonyl (C=O) groups is 3. The average molecular weight is 404 g/mol. The number of nitrogens with two attached hydrogens (primary N) is 1. The minimum atomic E-state index is -0.982. The lowest BCUT2D eigenvalue weighted by molar-refractivity contribution is -0.384. The summed E-state index contributed by atoms with van der Waals surface area (Å²) in [4.78, 5) is 52.3. The number of anilines is 1. The molecule has 3 aliphatic rings. The van der Waals surface area contributed by atoms with Crippen molar-refractivity contribution in [1.29, 1.82) is 0 Å². The van der Waals surface area contributed by atoms with Gasteiger partial charge in [0.15, 0.2) is 0 Å². The maximum atomic E-state index is 13.4. The Kier molecular flexibility index (Phi) is 3.76. The Balaban J connectivity index is 1.64. The first-order chi connectivity index (χ1) is 14.4. The number of primary amides is 1. The standard InChI is InChI=1S/C21H16N4O5/c22-19(26)18-16-15(17-14-7-2-1-4-11(14)8-9-23(17)18)20(27)24(21(16)28)12-5-3-6-13(10-12)25(29)30/h1-10,15-18H,(H2,22,26)/t15-,16+,17?,18-/m0/s1. The van der Waals surface area contributed by atoms with Crippen molar-refractivity contribution >= 4 is 35.2 Å². The molecule has 150 valence electrons. The molecule has 3 heterocycles. The summed E-state index contributed by atoms with van der Waals surface area (Å²) in [6, 6.07) is 11.3. The highest BCUT2D eigenvalue weighted by atomic mass is 16.6. The Morgan fingerprint density at radius 2 is 1.77 bits per heavy atom. The van der Waals surface area contributed by atoms with E-state index in [0.717, 1.165) is 16.0 Å². The monoisotopic (exact) mass is 404 g/mol. The molecule has 9 nitrogen and oxygen atoms in total. The second-order valence-corrected chi connectivity index (χ2v) is 7.52. The van der Waals surface area contributed by atoms with E-state index in [1.165, 1.54) is 24.3 Å². The Hall–Kier alpha value is -4.01. The molecule has 0 radical (unpaired) electrons. The quantitative estimate of drug-likeness (QED) is 0.470. The predicted molar refractivity (Wildman–Crippen MR) is 106 cm³/mol. The van der Waals surface area contributed by atoms with Gasteiger partial charge in [0, 0.05) is 18.3 Å². The van der Waals surface area contributed by atoms with Gasteiger partial charge >= 0.3 is 0 Å². The third-order valence-electron chi connectivity index (χ3n) is 6.05. The molecule has 5 rings (SSSR count). The Morgan fingerprint density at radius 3 is 2.50 bits per heavy atom. The number of nitrogens with zero attached hydrogens (tertiary/aromatic N) is 3. The summed E-state index contributed by atoms with van der Waals surface area (Å²) in [5, 5.41) is 11.1. The van der Waals surface area contributed by atoms with Crippen LogP contribution in [-0.4, -0.2) is 33.6 Å². The second kappa shape index (κ2) is 6.24. The van der Waals surface area contributed by atoms with Crippen LogP contribution in [0, 0.1) is 22.0 Å². The first-order valence-electron chi connectivity index (χ1n) is 9.36. The maximum absolute atomic E-state index is 13.4. The fraction of sp³-hybridized carbons (Fsp3) is 0.190. The fourth-order valence-corrected chi connectivity index (χ4v) is 4.88. The van der Waals surface area contributed by atoms with Crippen LogP contribution in [0.5, 0.6) is 0 Å². The van der Waals surface area contributed by atoms with Crippen LogP contribution in [0.3, 0.4) is 0 Å². The van der Waals surface area contributed by atoms with Crippen LogP contribution in [0.4, 0.5) is 11.4 Å². The maximum Gasteiger partial charge on any atom is 0.271 e. The summed E-state index contributed by atoms with van der Waals surface area (Å²) in [7, 11) is 0. The van der Waals surface area contributed by atoms with Crippen LogP contribution in [-0.2, 0) is 14.4 Å². The molecule has 3 aliphatic heterocycles. The van der Waals surface area contributed by atoms with Crippen molar-refractivity contribution in [2.45, 2.75) is 12.1 Å². The normalized spacial score (nSPS) is 26.4. The fourth-order valence-electron chi connectivity index (χ4n) is 4.88. The number of hydrogen-bond acceptors (Lipinski definition) is 6. The van der Waals surface area contributed by atoms with Crippen molar-refractivity contribution in [2.24, 2.45) is 17.6 Å². The molecule has 0 aromatic heterocycles. The number of carbonyl (C=O) groups excluding carboxylic acids is 3. The minimum absolute atomic E-state index is 0.114. The molecule has 3 amide bonds. The van der Waals surface area contributed by atoms with E-state index in [-0.39, 0.29) is 11.4 Å². The number of rotatable bonds is 3. The molecule has 30 heavy (non-hydrogen) atoms. The molecule has 0 saturated carbocycles. The first-order valence-corrected chi connectivity index (χ1v) is 9.36. The first kappa shape index (κ1) is 18.0.